The van der Waals surface area contributed by atoms with Gasteiger partial charge in [-0.05, 0) is 30.3 Å². The molecule has 7 heteroatoms. The molecule has 0 unspecified atom stereocenters. The van der Waals surface area contributed by atoms with Gasteiger partial charge in [0.25, 0.3) is 5.56 Å². The van der Waals surface area contributed by atoms with Gasteiger partial charge in [-0.2, -0.15) is 0 Å². The van der Waals surface area contributed by atoms with E-state index in [1.807, 2.05) is 0 Å². The fourth-order valence-electron chi connectivity index (χ4n) is 3.56. The molecule has 0 spiro atoms. The molecule has 0 bridgehead atoms. The Labute approximate surface area is 184 Å². The van der Waals surface area contributed by atoms with Gasteiger partial charge in [0.15, 0.2) is 0 Å². The Morgan fingerprint density at radius 2 is 1.53 bits per heavy atom. The average molecular weight is 430 g/mol. The van der Waals surface area contributed by atoms with Crippen molar-refractivity contribution in [3.05, 3.63) is 82.6 Å². The number of fused-ring (bicyclic) bond motifs is 1. The molecule has 0 atom stereocenters. The molecule has 0 radical (unpaired) electrons. The van der Waals surface area contributed by atoms with Crippen LogP contribution in [-0.2, 0) is 0 Å². The third-order valence-corrected chi connectivity index (χ3v) is 5.15. The van der Waals surface area contributed by atoms with Crippen molar-refractivity contribution in [2.24, 2.45) is 4.99 Å². The molecule has 0 saturated carbocycles. The number of aromatic nitrogens is 1. The number of methoxy groups -OCH3 is 3. The van der Waals surface area contributed by atoms with Gasteiger partial charge in [-0.15, -0.1) is 0 Å². The Hall–Kier alpha value is -4.26. The Morgan fingerprint density at radius 3 is 2.25 bits per heavy atom. The van der Waals surface area contributed by atoms with Crippen LogP contribution in [0.3, 0.4) is 0 Å². The summed E-state index contributed by atoms with van der Waals surface area (Å²) >= 11 is 0. The predicted molar refractivity (Wildman–Crippen MR) is 125 cm³/mol. The van der Waals surface area contributed by atoms with Gasteiger partial charge in [-0.3, -0.25) is 9.79 Å². The lowest BCUT2D eigenvalue weighted by molar-refractivity contribution is 0.403. The van der Waals surface area contributed by atoms with E-state index < -0.39 is 0 Å². The van der Waals surface area contributed by atoms with Crippen LogP contribution in [0.1, 0.15) is 5.56 Å². The third-order valence-electron chi connectivity index (χ3n) is 5.15. The molecule has 0 aliphatic carbocycles. The molecule has 0 fully saturated rings. The molecule has 0 aliphatic rings. The summed E-state index contributed by atoms with van der Waals surface area (Å²) in [7, 11) is 4.63. The zero-order chi connectivity index (χ0) is 22.7. The van der Waals surface area contributed by atoms with Gasteiger partial charge in [0.2, 0.25) is 5.88 Å². The van der Waals surface area contributed by atoms with E-state index in [1.54, 1.807) is 80.9 Å². The van der Waals surface area contributed by atoms with Gasteiger partial charge in [0.05, 0.1) is 32.6 Å². The molecule has 1 aromatic heterocycles. The average Bonchev–Trinajstić information content (AvgIpc) is 2.84. The highest BCUT2D eigenvalue weighted by molar-refractivity contribution is 6.02. The lowest BCUT2D eigenvalue weighted by Crippen LogP contribution is -2.20. The summed E-state index contributed by atoms with van der Waals surface area (Å²) in [6, 6.07) is 19.3. The van der Waals surface area contributed by atoms with E-state index in [-0.39, 0.29) is 11.4 Å². The topological polar surface area (TPSA) is 82.3 Å². The quantitative estimate of drug-likeness (QED) is 0.456. The molecule has 32 heavy (non-hydrogen) atoms. The van der Waals surface area contributed by atoms with E-state index in [0.717, 1.165) is 0 Å². The van der Waals surface area contributed by atoms with Crippen LogP contribution in [0.15, 0.2) is 76.5 Å². The SMILES string of the molecule is COc1ccc(OC)c(N=Cc2c(O)n(-c3ccccc3OC)c(=O)c3ccccc23)c1. The second-order valence-electron chi connectivity index (χ2n) is 6.89. The van der Waals surface area contributed by atoms with Crippen LogP contribution in [0.2, 0.25) is 0 Å². The smallest absolute Gasteiger partial charge is 0.265 e. The Bertz CT molecular complexity index is 1370. The molecule has 0 aliphatic heterocycles. The molecule has 1 heterocycles. The van der Waals surface area contributed by atoms with Crippen LogP contribution in [-0.4, -0.2) is 37.2 Å². The Morgan fingerprint density at radius 1 is 0.844 bits per heavy atom. The fraction of sp³-hybridized carbons (Fsp3) is 0.120. The van der Waals surface area contributed by atoms with Crippen LogP contribution < -0.4 is 19.8 Å². The van der Waals surface area contributed by atoms with Crippen molar-refractivity contribution in [3.8, 4) is 28.8 Å². The first kappa shape index (κ1) is 21.0. The van der Waals surface area contributed by atoms with Crippen LogP contribution in [0.5, 0.6) is 23.1 Å². The van der Waals surface area contributed by atoms with Crippen LogP contribution in [0, 0.1) is 0 Å². The van der Waals surface area contributed by atoms with Gasteiger partial charge in [-0.1, -0.05) is 30.3 Å². The highest BCUT2D eigenvalue weighted by Crippen LogP contribution is 2.33. The summed E-state index contributed by atoms with van der Waals surface area (Å²) in [5.41, 5.74) is 0.969. The molecular weight excluding hydrogens is 408 g/mol. The number of ether oxygens (including phenoxy) is 3. The maximum atomic E-state index is 13.3. The van der Waals surface area contributed by atoms with Crippen molar-refractivity contribution in [2.45, 2.75) is 0 Å². The van der Waals surface area contributed by atoms with Crippen molar-refractivity contribution >= 4 is 22.7 Å². The first-order valence-electron chi connectivity index (χ1n) is 9.85. The van der Waals surface area contributed by atoms with E-state index in [0.29, 0.717) is 45.0 Å². The van der Waals surface area contributed by atoms with E-state index in [2.05, 4.69) is 4.99 Å². The lowest BCUT2D eigenvalue weighted by atomic mass is 10.1. The summed E-state index contributed by atoms with van der Waals surface area (Å²) in [4.78, 5) is 17.8. The highest BCUT2D eigenvalue weighted by Gasteiger charge is 2.18. The Balaban J connectivity index is 1.99. The number of nitrogens with zero attached hydrogens (tertiary/aromatic N) is 2. The minimum absolute atomic E-state index is 0.246. The number of benzene rings is 3. The summed E-state index contributed by atoms with van der Waals surface area (Å²) in [5.74, 6) is 1.37. The van der Waals surface area contributed by atoms with Crippen molar-refractivity contribution < 1.29 is 19.3 Å². The van der Waals surface area contributed by atoms with Gasteiger partial charge >= 0.3 is 0 Å². The molecule has 4 rings (SSSR count). The van der Waals surface area contributed by atoms with E-state index in [4.69, 9.17) is 14.2 Å². The van der Waals surface area contributed by atoms with Crippen LogP contribution in [0.4, 0.5) is 5.69 Å². The summed E-state index contributed by atoms with van der Waals surface area (Å²) in [6.45, 7) is 0. The van der Waals surface area contributed by atoms with Crippen molar-refractivity contribution in [2.75, 3.05) is 21.3 Å². The molecule has 4 aromatic rings. The third kappa shape index (κ3) is 3.65. The molecule has 162 valence electrons. The molecule has 1 N–H and O–H groups in total. The zero-order valence-electron chi connectivity index (χ0n) is 17.9. The number of rotatable bonds is 6. The van der Waals surface area contributed by atoms with Crippen molar-refractivity contribution in [1.29, 1.82) is 0 Å². The standard InChI is InChI=1S/C25H22N2O5/c1-30-16-12-13-22(31-2)20(14-16)26-15-19-17-8-4-5-9-18(17)24(28)27(25(19)29)21-10-6-7-11-23(21)32-3/h4-15,29H,1-3H3. The van der Waals surface area contributed by atoms with Gasteiger partial charge in [0, 0.05) is 23.1 Å². The monoisotopic (exact) mass is 430 g/mol. The van der Waals surface area contributed by atoms with Gasteiger partial charge in [0.1, 0.15) is 22.9 Å². The first-order chi connectivity index (χ1) is 15.6. The molecular formula is C25H22N2O5. The number of aromatic hydroxyl groups is 1. The summed E-state index contributed by atoms with van der Waals surface area (Å²) < 4.78 is 17.3. The highest BCUT2D eigenvalue weighted by atomic mass is 16.5. The Kier molecular flexibility index (Phi) is 5.81. The number of hydrogen-bond donors (Lipinski definition) is 1. The van der Waals surface area contributed by atoms with Gasteiger partial charge in [-0.25, -0.2) is 4.57 Å². The summed E-state index contributed by atoms with van der Waals surface area (Å²) in [5, 5.41) is 12.2. The molecule has 3 aromatic carbocycles. The first-order valence-corrected chi connectivity index (χ1v) is 9.85. The van der Waals surface area contributed by atoms with Crippen molar-refractivity contribution in [3.63, 3.8) is 0 Å². The minimum Gasteiger partial charge on any atom is -0.497 e. The normalized spacial score (nSPS) is 11.1. The molecule has 0 amide bonds. The second-order valence-corrected chi connectivity index (χ2v) is 6.89. The predicted octanol–water partition coefficient (Wildman–Crippen LogP) is 4.47. The second kappa shape index (κ2) is 8.85. The number of para-hydroxylation sites is 2. The largest absolute Gasteiger partial charge is 0.497 e. The zero-order valence-corrected chi connectivity index (χ0v) is 17.9. The molecule has 7 nitrogen and oxygen atoms in total. The maximum absolute atomic E-state index is 13.3. The lowest BCUT2D eigenvalue weighted by Gasteiger charge is -2.16. The summed E-state index contributed by atoms with van der Waals surface area (Å²) in [6.07, 6.45) is 1.51. The van der Waals surface area contributed by atoms with Crippen LogP contribution in [0.25, 0.3) is 16.5 Å². The van der Waals surface area contributed by atoms with Crippen LogP contribution >= 0.6 is 0 Å². The van der Waals surface area contributed by atoms with E-state index >= 15 is 0 Å². The fourth-order valence-corrected chi connectivity index (χ4v) is 3.56. The van der Waals surface area contributed by atoms with E-state index in [1.165, 1.54) is 17.9 Å². The number of pyridine rings is 1. The number of aliphatic imine (C=N–C) groups is 1. The van der Waals surface area contributed by atoms with Gasteiger partial charge < -0.3 is 19.3 Å². The van der Waals surface area contributed by atoms with Crippen molar-refractivity contribution in [1.82, 2.24) is 4.57 Å². The maximum Gasteiger partial charge on any atom is 0.265 e. The van der Waals surface area contributed by atoms with E-state index in [9.17, 15) is 9.90 Å². The minimum atomic E-state index is -0.362. The number of hydrogen-bond acceptors (Lipinski definition) is 6. The molecule has 0 saturated heterocycles.